The van der Waals surface area contributed by atoms with Crippen molar-refractivity contribution >= 4 is 29.1 Å². The number of hydrogen-bond acceptors (Lipinski definition) is 5. The van der Waals surface area contributed by atoms with Crippen molar-refractivity contribution in [3.8, 4) is 5.75 Å². The number of para-hydroxylation sites is 2. The lowest BCUT2D eigenvalue weighted by Crippen LogP contribution is -2.51. The molecule has 2 aliphatic heterocycles. The van der Waals surface area contributed by atoms with Gasteiger partial charge in [-0.1, -0.05) is 49.4 Å². The van der Waals surface area contributed by atoms with Gasteiger partial charge in [-0.15, -0.1) is 0 Å². The van der Waals surface area contributed by atoms with Crippen molar-refractivity contribution in [1.82, 2.24) is 10.3 Å². The Morgan fingerprint density at radius 2 is 1.76 bits per heavy atom. The number of fused-ring (bicyclic) bond motifs is 1. The van der Waals surface area contributed by atoms with Gasteiger partial charge >= 0.3 is 0 Å². The highest BCUT2D eigenvalue weighted by molar-refractivity contribution is 6.03. The van der Waals surface area contributed by atoms with Crippen LogP contribution in [0.15, 0.2) is 59.7 Å². The molecule has 0 bridgehead atoms. The van der Waals surface area contributed by atoms with E-state index in [2.05, 4.69) is 10.4 Å². The number of benzene rings is 2. The number of carbonyl (C=O) groups excluding carboxylic acids is 3. The van der Waals surface area contributed by atoms with E-state index in [1.54, 1.807) is 23.1 Å². The molecule has 2 aliphatic rings. The summed E-state index contributed by atoms with van der Waals surface area (Å²) in [6, 6.07) is 16.9. The molecule has 1 N–H and O–H groups in total. The highest BCUT2D eigenvalue weighted by Gasteiger charge is 2.34. The molecule has 2 aromatic rings. The Balaban J connectivity index is 1.39. The summed E-state index contributed by atoms with van der Waals surface area (Å²) in [6.45, 7) is 3.14. The molecule has 0 aromatic heterocycles. The van der Waals surface area contributed by atoms with Crippen molar-refractivity contribution in [3.05, 3.63) is 60.2 Å². The molecule has 2 aromatic carbocycles. The molecule has 3 amide bonds. The standard InChI is InChI=1S/C25H28N4O4/c1-2-15-26-25(32)22-17-28(20-10-6-7-11-21(20)33-22)23(30)12-13-24(31)29-16-14-19(27-29)18-8-4-3-5-9-18/h3-11,22H,2,12-17H2,1H3,(H,26,32). The number of nitrogens with zero attached hydrogens (tertiary/aromatic N) is 3. The van der Waals surface area contributed by atoms with E-state index in [0.29, 0.717) is 30.9 Å². The molecule has 2 heterocycles. The third-order valence-corrected chi connectivity index (χ3v) is 5.67. The Labute approximate surface area is 193 Å². The van der Waals surface area contributed by atoms with Crippen LogP contribution in [0.1, 0.15) is 38.2 Å². The minimum Gasteiger partial charge on any atom is -0.477 e. The van der Waals surface area contributed by atoms with Crippen molar-refractivity contribution < 1.29 is 19.1 Å². The number of ether oxygens (including phenoxy) is 1. The lowest BCUT2D eigenvalue weighted by molar-refractivity contribution is -0.133. The van der Waals surface area contributed by atoms with Gasteiger partial charge < -0.3 is 15.0 Å². The Kier molecular flexibility index (Phi) is 7.02. The van der Waals surface area contributed by atoms with Crippen LogP contribution >= 0.6 is 0 Å². The quantitative estimate of drug-likeness (QED) is 0.705. The summed E-state index contributed by atoms with van der Waals surface area (Å²) in [5, 5.41) is 8.72. The van der Waals surface area contributed by atoms with Crippen LogP contribution in [-0.2, 0) is 14.4 Å². The van der Waals surface area contributed by atoms with E-state index < -0.39 is 6.10 Å². The number of rotatable bonds is 7. The van der Waals surface area contributed by atoms with Crippen LogP contribution < -0.4 is 15.0 Å². The summed E-state index contributed by atoms with van der Waals surface area (Å²) >= 11 is 0. The van der Waals surface area contributed by atoms with Crippen molar-refractivity contribution in [1.29, 1.82) is 0 Å². The number of hydrogen-bond donors (Lipinski definition) is 1. The molecule has 8 nitrogen and oxygen atoms in total. The molecule has 172 valence electrons. The summed E-state index contributed by atoms with van der Waals surface area (Å²) in [5.74, 6) is -0.177. The topological polar surface area (TPSA) is 91.3 Å². The Bertz CT molecular complexity index is 1050. The van der Waals surface area contributed by atoms with Gasteiger partial charge in [0.15, 0.2) is 6.10 Å². The first-order chi connectivity index (χ1) is 16.1. The van der Waals surface area contributed by atoms with Crippen LogP contribution in [0.3, 0.4) is 0 Å². The highest BCUT2D eigenvalue weighted by atomic mass is 16.5. The number of carbonyl (C=O) groups is 3. The van der Waals surface area contributed by atoms with Gasteiger partial charge in [-0.05, 0) is 24.1 Å². The maximum absolute atomic E-state index is 13.1. The van der Waals surface area contributed by atoms with Gasteiger partial charge in [0.05, 0.1) is 24.5 Å². The van der Waals surface area contributed by atoms with Gasteiger partial charge in [0.25, 0.3) is 5.91 Å². The zero-order valence-corrected chi connectivity index (χ0v) is 18.7. The highest BCUT2D eigenvalue weighted by Crippen LogP contribution is 2.33. The third-order valence-electron chi connectivity index (χ3n) is 5.67. The van der Waals surface area contributed by atoms with Gasteiger partial charge in [0.2, 0.25) is 11.8 Å². The molecule has 4 rings (SSSR count). The molecule has 8 heteroatoms. The van der Waals surface area contributed by atoms with Crippen LogP contribution in [0.25, 0.3) is 0 Å². The zero-order valence-electron chi connectivity index (χ0n) is 18.7. The Morgan fingerprint density at radius 3 is 2.55 bits per heavy atom. The molecule has 0 spiro atoms. The van der Waals surface area contributed by atoms with Gasteiger partial charge in [-0.2, -0.15) is 5.10 Å². The summed E-state index contributed by atoms with van der Waals surface area (Å²) in [5.41, 5.74) is 2.49. The minimum absolute atomic E-state index is 0.0309. The molecular weight excluding hydrogens is 420 g/mol. The fraction of sp³-hybridized carbons (Fsp3) is 0.360. The normalized spacial score (nSPS) is 17.1. The third kappa shape index (κ3) is 5.22. The Hall–Kier alpha value is -3.68. The molecule has 0 saturated heterocycles. The first-order valence-corrected chi connectivity index (χ1v) is 11.3. The van der Waals surface area contributed by atoms with E-state index in [4.69, 9.17) is 4.74 Å². The average molecular weight is 449 g/mol. The van der Waals surface area contributed by atoms with Gasteiger partial charge in [0, 0.05) is 25.8 Å². The van der Waals surface area contributed by atoms with Crippen LogP contribution in [0.5, 0.6) is 5.75 Å². The zero-order chi connectivity index (χ0) is 23.2. The van der Waals surface area contributed by atoms with E-state index in [1.807, 2.05) is 43.3 Å². The van der Waals surface area contributed by atoms with E-state index in [9.17, 15) is 14.4 Å². The number of nitrogens with one attached hydrogen (secondary N) is 1. The number of amides is 3. The summed E-state index contributed by atoms with van der Waals surface area (Å²) in [6.07, 6.45) is 0.794. The second-order valence-electron chi connectivity index (χ2n) is 8.05. The first kappa shape index (κ1) is 22.5. The lowest BCUT2D eigenvalue weighted by atomic mass is 10.1. The van der Waals surface area contributed by atoms with Crippen molar-refractivity contribution in [2.75, 3.05) is 24.5 Å². The summed E-state index contributed by atoms with van der Waals surface area (Å²) < 4.78 is 5.83. The summed E-state index contributed by atoms with van der Waals surface area (Å²) in [7, 11) is 0. The SMILES string of the molecule is CCCNC(=O)C1CN(C(=O)CCC(=O)N2CCC(c3ccccc3)=N2)c2ccccc2O1. The second-order valence-corrected chi connectivity index (χ2v) is 8.05. The van der Waals surface area contributed by atoms with Gasteiger partial charge in [0.1, 0.15) is 5.75 Å². The predicted molar refractivity (Wildman–Crippen MR) is 125 cm³/mol. The Morgan fingerprint density at radius 1 is 1.03 bits per heavy atom. The second kappa shape index (κ2) is 10.3. The van der Waals surface area contributed by atoms with Crippen LogP contribution in [0.4, 0.5) is 5.69 Å². The monoisotopic (exact) mass is 448 g/mol. The fourth-order valence-electron chi connectivity index (χ4n) is 3.92. The van der Waals surface area contributed by atoms with E-state index in [0.717, 1.165) is 17.7 Å². The first-order valence-electron chi connectivity index (χ1n) is 11.3. The van der Waals surface area contributed by atoms with Gasteiger partial charge in [-0.25, -0.2) is 5.01 Å². The molecule has 0 radical (unpaired) electrons. The average Bonchev–Trinajstić information content (AvgIpc) is 3.36. The van der Waals surface area contributed by atoms with E-state index in [-0.39, 0.29) is 37.1 Å². The van der Waals surface area contributed by atoms with Crippen molar-refractivity contribution in [2.24, 2.45) is 5.10 Å². The van der Waals surface area contributed by atoms with Crippen LogP contribution in [0, 0.1) is 0 Å². The maximum atomic E-state index is 13.1. The van der Waals surface area contributed by atoms with Crippen LogP contribution in [-0.4, -0.2) is 54.2 Å². The van der Waals surface area contributed by atoms with Crippen molar-refractivity contribution in [2.45, 2.75) is 38.7 Å². The molecule has 1 atom stereocenters. The summed E-state index contributed by atoms with van der Waals surface area (Å²) in [4.78, 5) is 39.8. The smallest absolute Gasteiger partial charge is 0.262 e. The minimum atomic E-state index is -0.789. The van der Waals surface area contributed by atoms with Crippen molar-refractivity contribution in [3.63, 3.8) is 0 Å². The molecule has 0 aliphatic carbocycles. The molecular formula is C25H28N4O4. The molecule has 0 saturated carbocycles. The fourth-order valence-corrected chi connectivity index (χ4v) is 3.92. The molecule has 0 fully saturated rings. The maximum Gasteiger partial charge on any atom is 0.262 e. The van der Waals surface area contributed by atoms with E-state index >= 15 is 0 Å². The van der Waals surface area contributed by atoms with E-state index in [1.165, 1.54) is 5.01 Å². The number of hydrazone groups is 1. The van der Waals surface area contributed by atoms with Crippen LogP contribution in [0.2, 0.25) is 0 Å². The predicted octanol–water partition coefficient (Wildman–Crippen LogP) is 2.72. The lowest BCUT2D eigenvalue weighted by Gasteiger charge is -2.34. The molecule has 1 unspecified atom stereocenters. The largest absolute Gasteiger partial charge is 0.477 e. The van der Waals surface area contributed by atoms with Gasteiger partial charge in [-0.3, -0.25) is 14.4 Å². The molecule has 33 heavy (non-hydrogen) atoms. The number of anilines is 1.